The van der Waals surface area contributed by atoms with Gasteiger partial charge in [0.25, 0.3) is 0 Å². The van der Waals surface area contributed by atoms with E-state index in [-0.39, 0.29) is 0 Å². The largest absolute Gasteiger partial charge is 0.312 e. The van der Waals surface area contributed by atoms with Gasteiger partial charge in [-0.2, -0.15) is 0 Å². The van der Waals surface area contributed by atoms with Gasteiger partial charge in [-0.1, -0.05) is 39.5 Å². The smallest absolute Gasteiger partial charge is 0.0843 e. The van der Waals surface area contributed by atoms with Crippen LogP contribution in [0.5, 0.6) is 0 Å². The minimum atomic E-state index is 0.486. The normalized spacial score (nSPS) is 14.7. The number of thiophene rings is 1. The summed E-state index contributed by atoms with van der Waals surface area (Å²) in [5, 5.41) is 3.47. The van der Waals surface area contributed by atoms with Gasteiger partial charge in [0, 0.05) is 15.4 Å². The maximum Gasteiger partial charge on any atom is 0.0843 e. The standard InChI is InChI=1S/C14H23Br2NS/c1-4-6-7-10(5-2)8-12(17-3)13-9-11(15)14(16)18-13/h9-10,12,17H,4-8H2,1-3H3. The lowest BCUT2D eigenvalue weighted by atomic mass is 9.91. The Hall–Kier alpha value is 0.620. The highest BCUT2D eigenvalue weighted by atomic mass is 79.9. The molecule has 0 aliphatic rings. The minimum absolute atomic E-state index is 0.486. The van der Waals surface area contributed by atoms with Crippen molar-refractivity contribution in [1.82, 2.24) is 5.32 Å². The Labute approximate surface area is 132 Å². The molecule has 18 heavy (non-hydrogen) atoms. The van der Waals surface area contributed by atoms with Gasteiger partial charge in [0.2, 0.25) is 0 Å². The molecule has 1 aromatic heterocycles. The predicted molar refractivity (Wildman–Crippen MR) is 89.4 cm³/mol. The van der Waals surface area contributed by atoms with E-state index in [2.05, 4.69) is 64.1 Å². The van der Waals surface area contributed by atoms with Gasteiger partial charge < -0.3 is 5.32 Å². The summed E-state index contributed by atoms with van der Waals surface area (Å²) in [6.45, 7) is 4.59. The molecule has 2 unspecified atom stereocenters. The Morgan fingerprint density at radius 3 is 2.50 bits per heavy atom. The zero-order chi connectivity index (χ0) is 13.5. The molecule has 0 bridgehead atoms. The first-order valence-electron chi connectivity index (χ1n) is 6.74. The molecule has 1 heterocycles. The molecular weight excluding hydrogens is 374 g/mol. The molecule has 1 N–H and O–H groups in total. The second-order valence-electron chi connectivity index (χ2n) is 4.76. The summed E-state index contributed by atoms with van der Waals surface area (Å²) in [6, 6.07) is 2.72. The fourth-order valence-electron chi connectivity index (χ4n) is 2.23. The summed E-state index contributed by atoms with van der Waals surface area (Å²) in [6.07, 6.45) is 6.54. The molecule has 1 aromatic rings. The van der Waals surface area contributed by atoms with Gasteiger partial charge in [0.05, 0.1) is 3.79 Å². The van der Waals surface area contributed by atoms with E-state index in [0.717, 1.165) is 5.92 Å². The van der Waals surface area contributed by atoms with Gasteiger partial charge in [0.15, 0.2) is 0 Å². The highest BCUT2D eigenvalue weighted by Gasteiger charge is 2.18. The van der Waals surface area contributed by atoms with E-state index in [4.69, 9.17) is 0 Å². The maximum absolute atomic E-state index is 3.58. The zero-order valence-electron chi connectivity index (χ0n) is 11.4. The van der Waals surface area contributed by atoms with Gasteiger partial charge in [-0.05, 0) is 57.3 Å². The first kappa shape index (κ1) is 16.7. The van der Waals surface area contributed by atoms with Crippen molar-refractivity contribution in [2.45, 2.75) is 52.0 Å². The maximum atomic E-state index is 3.58. The number of unbranched alkanes of at least 4 members (excludes halogenated alkanes) is 1. The van der Waals surface area contributed by atoms with Crippen LogP contribution < -0.4 is 5.32 Å². The van der Waals surface area contributed by atoms with Crippen molar-refractivity contribution < 1.29 is 0 Å². The molecule has 0 saturated heterocycles. The van der Waals surface area contributed by atoms with Crippen molar-refractivity contribution in [2.24, 2.45) is 5.92 Å². The van der Waals surface area contributed by atoms with Crippen LogP contribution in [0.15, 0.2) is 14.3 Å². The third-order valence-corrected chi connectivity index (χ3v) is 6.84. The molecule has 2 atom stereocenters. The summed E-state index contributed by atoms with van der Waals surface area (Å²) in [4.78, 5) is 1.42. The summed E-state index contributed by atoms with van der Waals surface area (Å²) in [5.74, 6) is 0.835. The van der Waals surface area contributed by atoms with Crippen molar-refractivity contribution in [3.63, 3.8) is 0 Å². The van der Waals surface area contributed by atoms with Crippen LogP contribution in [0.2, 0.25) is 0 Å². The summed E-state index contributed by atoms with van der Waals surface area (Å²) < 4.78 is 2.36. The van der Waals surface area contributed by atoms with Gasteiger partial charge in [-0.3, -0.25) is 0 Å². The highest BCUT2D eigenvalue weighted by Crippen LogP contribution is 2.38. The molecule has 1 nitrogen and oxygen atoms in total. The molecule has 0 fully saturated rings. The van der Waals surface area contributed by atoms with E-state index >= 15 is 0 Å². The lowest BCUT2D eigenvalue weighted by Crippen LogP contribution is -2.19. The zero-order valence-corrected chi connectivity index (χ0v) is 15.4. The lowest BCUT2D eigenvalue weighted by molar-refractivity contribution is 0.367. The van der Waals surface area contributed by atoms with E-state index in [1.165, 1.54) is 45.2 Å². The van der Waals surface area contributed by atoms with Crippen LogP contribution in [0.3, 0.4) is 0 Å². The molecule has 104 valence electrons. The third-order valence-electron chi connectivity index (χ3n) is 3.47. The van der Waals surface area contributed by atoms with Crippen LogP contribution in [0, 0.1) is 5.92 Å². The van der Waals surface area contributed by atoms with Crippen LogP contribution in [-0.2, 0) is 0 Å². The Bertz CT molecular complexity index is 332. The average molecular weight is 397 g/mol. The van der Waals surface area contributed by atoms with E-state index in [0.29, 0.717) is 6.04 Å². The van der Waals surface area contributed by atoms with Crippen molar-refractivity contribution in [2.75, 3.05) is 7.05 Å². The topological polar surface area (TPSA) is 12.0 Å². The minimum Gasteiger partial charge on any atom is -0.312 e. The lowest BCUT2D eigenvalue weighted by Gasteiger charge is -2.21. The highest BCUT2D eigenvalue weighted by molar-refractivity contribution is 9.13. The van der Waals surface area contributed by atoms with Crippen molar-refractivity contribution in [3.05, 3.63) is 19.2 Å². The molecule has 0 spiro atoms. The number of halogens is 2. The van der Waals surface area contributed by atoms with Crippen molar-refractivity contribution >= 4 is 43.2 Å². The summed E-state index contributed by atoms with van der Waals surface area (Å²) in [7, 11) is 2.07. The number of hydrogen-bond acceptors (Lipinski definition) is 2. The van der Waals surface area contributed by atoms with E-state index in [1.807, 2.05) is 11.3 Å². The van der Waals surface area contributed by atoms with Gasteiger partial charge in [-0.15, -0.1) is 11.3 Å². The van der Waals surface area contributed by atoms with Gasteiger partial charge >= 0.3 is 0 Å². The fourth-order valence-corrected chi connectivity index (χ4v) is 4.44. The second kappa shape index (κ2) is 8.72. The van der Waals surface area contributed by atoms with E-state index in [9.17, 15) is 0 Å². The molecule has 1 rings (SSSR count). The molecular formula is C14H23Br2NS. The SMILES string of the molecule is CCCCC(CC)CC(NC)c1cc(Br)c(Br)s1. The Kier molecular flexibility index (Phi) is 8.08. The third kappa shape index (κ3) is 4.95. The van der Waals surface area contributed by atoms with Gasteiger partial charge in [-0.25, -0.2) is 0 Å². The molecule has 0 radical (unpaired) electrons. The first-order valence-corrected chi connectivity index (χ1v) is 9.14. The monoisotopic (exact) mass is 395 g/mol. The average Bonchev–Trinajstić information content (AvgIpc) is 2.70. The summed E-state index contributed by atoms with van der Waals surface area (Å²) >= 11 is 8.99. The Morgan fingerprint density at radius 1 is 1.33 bits per heavy atom. The predicted octanol–water partition coefficient (Wildman–Crippen LogP) is 6.14. The van der Waals surface area contributed by atoms with Crippen LogP contribution in [0.4, 0.5) is 0 Å². The van der Waals surface area contributed by atoms with Crippen LogP contribution in [-0.4, -0.2) is 7.05 Å². The number of rotatable bonds is 8. The molecule has 0 saturated carbocycles. The van der Waals surface area contributed by atoms with E-state index in [1.54, 1.807) is 0 Å². The van der Waals surface area contributed by atoms with Crippen molar-refractivity contribution in [3.8, 4) is 0 Å². The number of nitrogens with one attached hydrogen (secondary N) is 1. The summed E-state index contributed by atoms with van der Waals surface area (Å²) in [5.41, 5.74) is 0. The number of hydrogen-bond donors (Lipinski definition) is 1. The molecule has 0 aliphatic carbocycles. The van der Waals surface area contributed by atoms with Gasteiger partial charge in [0.1, 0.15) is 0 Å². The Balaban J connectivity index is 2.65. The quantitative estimate of drug-likeness (QED) is 0.556. The van der Waals surface area contributed by atoms with Crippen LogP contribution in [0.25, 0.3) is 0 Å². The molecule has 0 aliphatic heterocycles. The van der Waals surface area contributed by atoms with Crippen molar-refractivity contribution in [1.29, 1.82) is 0 Å². The molecule has 4 heteroatoms. The fraction of sp³-hybridized carbons (Fsp3) is 0.714. The first-order chi connectivity index (χ1) is 8.62. The van der Waals surface area contributed by atoms with Crippen LogP contribution >= 0.6 is 43.2 Å². The van der Waals surface area contributed by atoms with Crippen LogP contribution in [0.1, 0.15) is 56.9 Å². The molecule has 0 amide bonds. The Morgan fingerprint density at radius 2 is 2.06 bits per heavy atom. The molecule has 0 aromatic carbocycles. The second-order valence-corrected chi connectivity index (χ2v) is 8.02. The van der Waals surface area contributed by atoms with E-state index < -0.39 is 0 Å².